The number of aromatic nitrogens is 1. The van der Waals surface area contributed by atoms with Crippen LogP contribution in [-0.4, -0.2) is 22.7 Å². The van der Waals surface area contributed by atoms with Crippen LogP contribution < -0.4 is 5.32 Å². The zero-order valence-electron chi connectivity index (χ0n) is 9.07. The average Bonchev–Trinajstić information content (AvgIpc) is 2.96. The molecule has 1 saturated carbocycles. The first kappa shape index (κ1) is 11.0. The standard InChI is InChI=1S/C11H18N2OS/c1-8(4-5-14)12-6-10-7-15-11(13-10)9-2-3-9/h7-9,12,14H,2-6H2,1H3. The van der Waals surface area contributed by atoms with E-state index in [4.69, 9.17) is 5.11 Å². The van der Waals surface area contributed by atoms with Gasteiger partial charge in [-0.25, -0.2) is 4.98 Å². The predicted octanol–water partition coefficient (Wildman–Crippen LogP) is 1.88. The number of nitrogens with zero attached hydrogens (tertiary/aromatic N) is 1. The van der Waals surface area contributed by atoms with Crippen LogP contribution in [0.5, 0.6) is 0 Å². The molecule has 1 atom stereocenters. The molecule has 0 aromatic carbocycles. The zero-order valence-corrected chi connectivity index (χ0v) is 9.89. The summed E-state index contributed by atoms with van der Waals surface area (Å²) < 4.78 is 0. The Hall–Kier alpha value is -0.450. The summed E-state index contributed by atoms with van der Waals surface area (Å²) in [5.41, 5.74) is 1.15. The van der Waals surface area contributed by atoms with E-state index in [0.29, 0.717) is 6.04 Å². The van der Waals surface area contributed by atoms with Crippen molar-refractivity contribution < 1.29 is 5.11 Å². The molecule has 1 unspecified atom stereocenters. The summed E-state index contributed by atoms with van der Waals surface area (Å²) in [5.74, 6) is 0.763. The highest BCUT2D eigenvalue weighted by molar-refractivity contribution is 7.09. The van der Waals surface area contributed by atoms with Gasteiger partial charge in [-0.1, -0.05) is 0 Å². The van der Waals surface area contributed by atoms with Crippen LogP contribution in [0, 0.1) is 0 Å². The molecule has 1 heterocycles. The van der Waals surface area contributed by atoms with Crippen LogP contribution in [0.4, 0.5) is 0 Å². The summed E-state index contributed by atoms with van der Waals surface area (Å²) in [6.45, 7) is 3.16. The minimum Gasteiger partial charge on any atom is -0.396 e. The SMILES string of the molecule is CC(CCO)NCc1csc(C2CC2)n1. The maximum Gasteiger partial charge on any atom is 0.0959 e. The molecule has 3 nitrogen and oxygen atoms in total. The fourth-order valence-corrected chi connectivity index (χ4v) is 2.49. The molecule has 0 radical (unpaired) electrons. The maximum atomic E-state index is 8.77. The summed E-state index contributed by atoms with van der Waals surface area (Å²) in [6.07, 6.45) is 3.45. The average molecular weight is 226 g/mol. The Kier molecular flexibility index (Phi) is 3.72. The van der Waals surface area contributed by atoms with Gasteiger partial charge in [0, 0.05) is 30.5 Å². The first-order valence-electron chi connectivity index (χ1n) is 5.58. The van der Waals surface area contributed by atoms with Crippen molar-refractivity contribution in [2.75, 3.05) is 6.61 Å². The van der Waals surface area contributed by atoms with Crippen LogP contribution in [0.15, 0.2) is 5.38 Å². The van der Waals surface area contributed by atoms with Crippen LogP contribution in [0.25, 0.3) is 0 Å². The number of hydrogen-bond donors (Lipinski definition) is 2. The van der Waals surface area contributed by atoms with E-state index in [1.165, 1.54) is 17.8 Å². The van der Waals surface area contributed by atoms with Crippen LogP contribution >= 0.6 is 11.3 Å². The summed E-state index contributed by atoms with van der Waals surface area (Å²) in [4.78, 5) is 4.60. The van der Waals surface area contributed by atoms with Crippen LogP contribution in [0.2, 0.25) is 0 Å². The van der Waals surface area contributed by atoms with Gasteiger partial charge in [-0.05, 0) is 26.2 Å². The zero-order chi connectivity index (χ0) is 10.7. The van der Waals surface area contributed by atoms with E-state index >= 15 is 0 Å². The number of nitrogens with one attached hydrogen (secondary N) is 1. The van der Waals surface area contributed by atoms with Gasteiger partial charge in [-0.15, -0.1) is 11.3 Å². The summed E-state index contributed by atoms with van der Waals surface area (Å²) in [5, 5.41) is 15.6. The Bertz CT molecular complexity index is 309. The van der Waals surface area contributed by atoms with Gasteiger partial charge in [0.2, 0.25) is 0 Å². The van der Waals surface area contributed by atoms with E-state index < -0.39 is 0 Å². The minimum absolute atomic E-state index is 0.249. The second kappa shape index (κ2) is 5.05. The minimum atomic E-state index is 0.249. The van der Waals surface area contributed by atoms with E-state index in [-0.39, 0.29) is 6.61 Å². The number of aliphatic hydroxyl groups excluding tert-OH is 1. The number of thiazole rings is 1. The maximum absolute atomic E-state index is 8.77. The summed E-state index contributed by atoms with van der Waals surface area (Å²) >= 11 is 1.78. The monoisotopic (exact) mass is 226 g/mol. The number of aliphatic hydroxyl groups is 1. The van der Waals surface area contributed by atoms with Crippen molar-refractivity contribution in [3.8, 4) is 0 Å². The first-order valence-corrected chi connectivity index (χ1v) is 6.46. The van der Waals surface area contributed by atoms with E-state index in [2.05, 4.69) is 22.6 Å². The summed E-state index contributed by atoms with van der Waals surface area (Å²) in [7, 11) is 0. The van der Waals surface area contributed by atoms with E-state index in [1.54, 1.807) is 11.3 Å². The molecule has 1 aromatic heterocycles. The third-order valence-electron chi connectivity index (χ3n) is 2.69. The molecular formula is C11H18N2OS. The van der Waals surface area contributed by atoms with E-state index in [0.717, 1.165) is 24.6 Å². The molecule has 2 N–H and O–H groups in total. The van der Waals surface area contributed by atoms with Crippen molar-refractivity contribution in [1.82, 2.24) is 10.3 Å². The van der Waals surface area contributed by atoms with Crippen molar-refractivity contribution in [3.05, 3.63) is 16.1 Å². The molecule has 1 aromatic rings. The molecule has 0 bridgehead atoms. The lowest BCUT2D eigenvalue weighted by Gasteiger charge is -2.10. The molecule has 0 spiro atoms. The molecular weight excluding hydrogens is 208 g/mol. The first-order chi connectivity index (χ1) is 7.29. The van der Waals surface area contributed by atoms with Gasteiger partial charge in [0.15, 0.2) is 0 Å². The van der Waals surface area contributed by atoms with Gasteiger partial charge in [0.25, 0.3) is 0 Å². The molecule has 0 saturated heterocycles. The van der Waals surface area contributed by atoms with Crippen molar-refractivity contribution >= 4 is 11.3 Å². The second-order valence-corrected chi connectivity index (χ2v) is 5.14. The molecule has 1 fully saturated rings. The second-order valence-electron chi connectivity index (χ2n) is 4.25. The smallest absolute Gasteiger partial charge is 0.0959 e. The van der Waals surface area contributed by atoms with Crippen LogP contribution in [0.3, 0.4) is 0 Å². The number of rotatable bonds is 6. The van der Waals surface area contributed by atoms with Gasteiger partial charge in [-0.2, -0.15) is 0 Å². The predicted molar refractivity (Wildman–Crippen MR) is 62.1 cm³/mol. The Morgan fingerprint density at radius 1 is 1.67 bits per heavy atom. The third kappa shape index (κ3) is 3.26. The Morgan fingerprint density at radius 2 is 2.47 bits per heavy atom. The lowest BCUT2D eigenvalue weighted by atomic mass is 10.2. The van der Waals surface area contributed by atoms with Crippen molar-refractivity contribution in [1.29, 1.82) is 0 Å². The lowest BCUT2D eigenvalue weighted by molar-refractivity contribution is 0.268. The van der Waals surface area contributed by atoms with Gasteiger partial charge in [-0.3, -0.25) is 0 Å². The van der Waals surface area contributed by atoms with E-state index in [9.17, 15) is 0 Å². The Balaban J connectivity index is 1.77. The molecule has 4 heteroatoms. The number of hydrogen-bond acceptors (Lipinski definition) is 4. The quantitative estimate of drug-likeness (QED) is 0.778. The summed E-state index contributed by atoms with van der Waals surface area (Å²) in [6, 6.07) is 0.362. The fraction of sp³-hybridized carbons (Fsp3) is 0.727. The molecule has 2 rings (SSSR count). The molecule has 84 valence electrons. The fourth-order valence-electron chi connectivity index (χ4n) is 1.50. The van der Waals surface area contributed by atoms with Gasteiger partial charge < -0.3 is 10.4 Å². The Labute approximate surface area is 94.5 Å². The topological polar surface area (TPSA) is 45.1 Å². The molecule has 1 aliphatic rings. The Morgan fingerprint density at radius 3 is 3.13 bits per heavy atom. The van der Waals surface area contributed by atoms with Crippen LogP contribution in [0.1, 0.15) is 42.8 Å². The van der Waals surface area contributed by atoms with Gasteiger partial charge >= 0.3 is 0 Å². The molecule has 0 aliphatic heterocycles. The van der Waals surface area contributed by atoms with Gasteiger partial charge in [0.1, 0.15) is 0 Å². The van der Waals surface area contributed by atoms with Crippen molar-refractivity contribution in [2.24, 2.45) is 0 Å². The molecule has 0 amide bonds. The van der Waals surface area contributed by atoms with Gasteiger partial charge in [0.05, 0.1) is 10.7 Å². The molecule has 1 aliphatic carbocycles. The highest BCUT2D eigenvalue weighted by Gasteiger charge is 2.26. The highest BCUT2D eigenvalue weighted by atomic mass is 32.1. The lowest BCUT2D eigenvalue weighted by Crippen LogP contribution is -2.26. The van der Waals surface area contributed by atoms with E-state index in [1.807, 2.05) is 0 Å². The van der Waals surface area contributed by atoms with Crippen LogP contribution in [-0.2, 0) is 6.54 Å². The largest absolute Gasteiger partial charge is 0.396 e. The third-order valence-corrected chi connectivity index (χ3v) is 3.75. The van der Waals surface area contributed by atoms with Crippen molar-refractivity contribution in [2.45, 2.75) is 44.7 Å². The van der Waals surface area contributed by atoms with Crippen molar-refractivity contribution in [3.63, 3.8) is 0 Å². The normalized spacial score (nSPS) is 18.0. The highest BCUT2D eigenvalue weighted by Crippen LogP contribution is 2.41. The molecule has 15 heavy (non-hydrogen) atoms.